The SMILES string of the molecule is Cc1cccc(C(=O)N[C@H](NC(=S)Nc2cc(C)c(Br)cc2Br)C(Cl)(Cl)Cl)c1. The van der Waals surface area contributed by atoms with Crippen LogP contribution in [0.3, 0.4) is 0 Å². The van der Waals surface area contributed by atoms with Crippen LogP contribution in [0.15, 0.2) is 45.3 Å². The zero-order valence-electron chi connectivity index (χ0n) is 14.7. The highest BCUT2D eigenvalue weighted by Crippen LogP contribution is 2.31. The van der Waals surface area contributed by atoms with Crippen LogP contribution >= 0.6 is 78.9 Å². The molecule has 0 bridgehead atoms. The highest BCUT2D eigenvalue weighted by atomic mass is 79.9. The van der Waals surface area contributed by atoms with Crippen molar-refractivity contribution in [3.05, 3.63) is 62.0 Å². The van der Waals surface area contributed by atoms with Crippen LogP contribution < -0.4 is 16.0 Å². The number of rotatable bonds is 4. The molecule has 0 heterocycles. The number of aryl methyl sites for hydroxylation is 2. The van der Waals surface area contributed by atoms with Crippen molar-refractivity contribution < 1.29 is 4.79 Å². The summed E-state index contributed by atoms with van der Waals surface area (Å²) in [5.74, 6) is -0.393. The summed E-state index contributed by atoms with van der Waals surface area (Å²) in [5, 5.41) is 8.71. The second-order valence-corrected chi connectivity index (χ2v) is 10.5. The van der Waals surface area contributed by atoms with Crippen molar-refractivity contribution in [2.75, 3.05) is 5.32 Å². The summed E-state index contributed by atoms with van der Waals surface area (Å²) in [6.45, 7) is 3.84. The monoisotopic (exact) mass is 585 g/mol. The van der Waals surface area contributed by atoms with Gasteiger partial charge in [-0.1, -0.05) is 68.4 Å². The summed E-state index contributed by atoms with van der Waals surface area (Å²) in [7, 11) is 0. The standard InChI is InChI=1S/C18H16Br2Cl3N3OS/c1-9-4-3-5-11(6-9)15(27)25-16(18(21,22)23)26-17(28)24-14-7-10(2)12(19)8-13(14)20/h3-8,16H,1-2H3,(H,25,27)(H2,24,26,28)/t16-/m1/s1. The van der Waals surface area contributed by atoms with Gasteiger partial charge in [0.2, 0.25) is 3.79 Å². The normalized spacial score (nSPS) is 12.2. The molecule has 3 N–H and O–H groups in total. The molecule has 0 saturated heterocycles. The maximum Gasteiger partial charge on any atom is 0.252 e. The van der Waals surface area contributed by atoms with E-state index in [1.54, 1.807) is 18.2 Å². The van der Waals surface area contributed by atoms with E-state index in [9.17, 15) is 4.79 Å². The summed E-state index contributed by atoms with van der Waals surface area (Å²) in [6, 6.07) is 10.9. The third-order valence-corrected chi connectivity index (χ3v) is 6.04. The highest BCUT2D eigenvalue weighted by molar-refractivity contribution is 9.11. The van der Waals surface area contributed by atoms with Crippen LogP contribution in [0.25, 0.3) is 0 Å². The van der Waals surface area contributed by atoms with Gasteiger partial charge in [0.15, 0.2) is 5.11 Å². The van der Waals surface area contributed by atoms with Gasteiger partial charge in [-0.25, -0.2) is 0 Å². The Hall–Kier alpha value is -0.570. The Kier molecular flexibility index (Phi) is 8.43. The number of amides is 1. The Morgan fingerprint density at radius 1 is 1.07 bits per heavy atom. The summed E-state index contributed by atoms with van der Waals surface area (Å²) in [4.78, 5) is 12.5. The Balaban J connectivity index is 2.13. The predicted octanol–water partition coefficient (Wildman–Crippen LogP) is 6.24. The second kappa shape index (κ2) is 9.96. The van der Waals surface area contributed by atoms with Gasteiger partial charge in [-0.05, 0) is 71.8 Å². The van der Waals surface area contributed by atoms with E-state index in [0.717, 1.165) is 25.8 Å². The number of halogens is 5. The largest absolute Gasteiger partial charge is 0.339 e. The number of benzene rings is 2. The van der Waals surface area contributed by atoms with E-state index in [1.807, 2.05) is 32.0 Å². The van der Waals surface area contributed by atoms with Gasteiger partial charge in [0.25, 0.3) is 5.91 Å². The number of thiocarbonyl (C=S) groups is 1. The molecule has 0 aliphatic rings. The second-order valence-electron chi connectivity index (χ2n) is 6.00. The van der Waals surface area contributed by atoms with Gasteiger partial charge >= 0.3 is 0 Å². The molecular weight excluding hydrogens is 572 g/mol. The molecule has 4 nitrogen and oxygen atoms in total. The average Bonchev–Trinajstić information content (AvgIpc) is 2.58. The number of anilines is 1. The smallest absolute Gasteiger partial charge is 0.252 e. The number of nitrogens with one attached hydrogen (secondary N) is 3. The number of hydrogen-bond acceptors (Lipinski definition) is 2. The molecule has 28 heavy (non-hydrogen) atoms. The van der Waals surface area contributed by atoms with Gasteiger partial charge in [-0.15, -0.1) is 0 Å². The van der Waals surface area contributed by atoms with Crippen LogP contribution in [0, 0.1) is 13.8 Å². The molecule has 0 radical (unpaired) electrons. The zero-order valence-corrected chi connectivity index (χ0v) is 21.0. The third kappa shape index (κ3) is 6.75. The molecule has 150 valence electrons. The average molecular weight is 589 g/mol. The molecule has 2 aromatic carbocycles. The minimum Gasteiger partial charge on any atom is -0.339 e. The lowest BCUT2D eigenvalue weighted by Crippen LogP contribution is -2.56. The van der Waals surface area contributed by atoms with E-state index in [0.29, 0.717) is 5.56 Å². The van der Waals surface area contributed by atoms with Gasteiger partial charge in [-0.2, -0.15) is 0 Å². The molecule has 0 aromatic heterocycles. The molecule has 0 saturated carbocycles. The molecule has 2 aromatic rings. The van der Waals surface area contributed by atoms with Crippen molar-refractivity contribution in [3.8, 4) is 0 Å². The van der Waals surface area contributed by atoms with Gasteiger partial charge in [0, 0.05) is 14.5 Å². The first-order chi connectivity index (χ1) is 13.0. The van der Waals surface area contributed by atoms with Crippen molar-refractivity contribution >= 4 is 95.6 Å². The van der Waals surface area contributed by atoms with E-state index in [2.05, 4.69) is 47.8 Å². The molecule has 0 fully saturated rings. The lowest BCUT2D eigenvalue weighted by molar-refractivity contribution is 0.0934. The fraction of sp³-hybridized carbons (Fsp3) is 0.222. The van der Waals surface area contributed by atoms with Crippen LogP contribution in [0.5, 0.6) is 0 Å². The zero-order chi connectivity index (χ0) is 21.1. The van der Waals surface area contributed by atoms with E-state index >= 15 is 0 Å². The fourth-order valence-electron chi connectivity index (χ4n) is 2.24. The number of carbonyl (C=O) groups is 1. The van der Waals surface area contributed by atoms with Crippen molar-refractivity contribution in [1.82, 2.24) is 10.6 Å². The van der Waals surface area contributed by atoms with E-state index in [4.69, 9.17) is 47.0 Å². The maximum absolute atomic E-state index is 12.5. The molecule has 0 unspecified atom stereocenters. The molecular formula is C18H16Br2Cl3N3OS. The molecule has 0 aliphatic heterocycles. The molecule has 1 amide bonds. The minimum atomic E-state index is -1.84. The quantitative estimate of drug-likeness (QED) is 0.225. The Morgan fingerprint density at radius 2 is 1.75 bits per heavy atom. The van der Waals surface area contributed by atoms with Crippen molar-refractivity contribution in [2.24, 2.45) is 0 Å². The Morgan fingerprint density at radius 3 is 2.36 bits per heavy atom. The number of carbonyl (C=O) groups excluding carboxylic acids is 1. The van der Waals surface area contributed by atoms with Crippen LogP contribution in [-0.2, 0) is 0 Å². The summed E-state index contributed by atoms with van der Waals surface area (Å²) in [5.41, 5.74) is 3.13. The first-order valence-electron chi connectivity index (χ1n) is 7.95. The molecule has 0 aliphatic carbocycles. The summed E-state index contributed by atoms with van der Waals surface area (Å²) < 4.78 is -0.0882. The van der Waals surface area contributed by atoms with Crippen molar-refractivity contribution in [2.45, 2.75) is 23.8 Å². The fourth-order valence-corrected chi connectivity index (χ4v) is 3.89. The summed E-state index contributed by atoms with van der Waals surface area (Å²) in [6.07, 6.45) is -1.05. The molecule has 10 heteroatoms. The first-order valence-corrected chi connectivity index (χ1v) is 11.1. The van der Waals surface area contributed by atoms with E-state index in [1.165, 1.54) is 0 Å². The lowest BCUT2D eigenvalue weighted by atomic mass is 10.1. The van der Waals surface area contributed by atoms with Gasteiger partial charge in [0.05, 0.1) is 5.69 Å². The number of alkyl halides is 3. The molecule has 1 atom stereocenters. The molecule has 0 spiro atoms. The summed E-state index contributed by atoms with van der Waals surface area (Å²) >= 11 is 30.4. The van der Waals surface area contributed by atoms with Crippen LogP contribution in [0.2, 0.25) is 0 Å². The van der Waals surface area contributed by atoms with Crippen LogP contribution in [0.1, 0.15) is 21.5 Å². The third-order valence-electron chi connectivity index (χ3n) is 3.65. The minimum absolute atomic E-state index is 0.184. The predicted molar refractivity (Wildman–Crippen MR) is 129 cm³/mol. The maximum atomic E-state index is 12.5. The Bertz CT molecular complexity index is 906. The Labute approximate surface area is 200 Å². The van der Waals surface area contributed by atoms with E-state index < -0.39 is 15.9 Å². The first kappa shape index (κ1) is 23.7. The van der Waals surface area contributed by atoms with Gasteiger partial charge < -0.3 is 16.0 Å². The van der Waals surface area contributed by atoms with Crippen molar-refractivity contribution in [1.29, 1.82) is 0 Å². The van der Waals surface area contributed by atoms with Crippen molar-refractivity contribution in [3.63, 3.8) is 0 Å². The topological polar surface area (TPSA) is 53.2 Å². The van der Waals surface area contributed by atoms with Gasteiger partial charge in [-0.3, -0.25) is 4.79 Å². The molecule has 2 rings (SSSR count). The van der Waals surface area contributed by atoms with E-state index in [-0.39, 0.29) is 5.11 Å². The van der Waals surface area contributed by atoms with Gasteiger partial charge in [0.1, 0.15) is 6.17 Å². The van der Waals surface area contributed by atoms with Crippen LogP contribution in [-0.4, -0.2) is 21.0 Å². The highest BCUT2D eigenvalue weighted by Gasteiger charge is 2.35. The lowest BCUT2D eigenvalue weighted by Gasteiger charge is -2.28. The number of hydrogen-bond donors (Lipinski definition) is 3. The van der Waals surface area contributed by atoms with Crippen LogP contribution in [0.4, 0.5) is 5.69 Å².